The molecule has 5 atom stereocenters. The van der Waals surface area contributed by atoms with Crippen LogP contribution in [-0.4, -0.2) is 25.4 Å². The SMILES string of the molecule is CC(C)CO[P+](=O)OCC[C@H]1O[C@@H](C)C(C)[C@H]1CC(C)C. The first-order valence-corrected chi connectivity index (χ1v) is 9.29. The van der Waals surface area contributed by atoms with Gasteiger partial charge in [-0.25, -0.2) is 0 Å². The van der Waals surface area contributed by atoms with E-state index in [1.165, 1.54) is 6.42 Å². The highest BCUT2D eigenvalue weighted by molar-refractivity contribution is 7.33. The van der Waals surface area contributed by atoms with Crippen LogP contribution in [0.15, 0.2) is 0 Å². The summed E-state index contributed by atoms with van der Waals surface area (Å²) in [5.74, 6) is 2.17. The molecule has 0 radical (unpaired) electrons. The highest BCUT2D eigenvalue weighted by atomic mass is 31.1. The quantitative estimate of drug-likeness (QED) is 0.572. The first kappa shape index (κ1) is 19.0. The van der Waals surface area contributed by atoms with Gasteiger partial charge in [0.2, 0.25) is 0 Å². The molecule has 21 heavy (non-hydrogen) atoms. The monoisotopic (exact) mass is 319 g/mol. The molecule has 2 unspecified atom stereocenters. The van der Waals surface area contributed by atoms with Gasteiger partial charge in [0.05, 0.1) is 12.2 Å². The summed E-state index contributed by atoms with van der Waals surface area (Å²) in [6.07, 6.45) is 2.47. The lowest BCUT2D eigenvalue weighted by molar-refractivity contribution is 0.0243. The van der Waals surface area contributed by atoms with Crippen molar-refractivity contribution in [3.8, 4) is 0 Å². The average Bonchev–Trinajstić information content (AvgIpc) is 2.64. The summed E-state index contributed by atoms with van der Waals surface area (Å²) < 4.78 is 28.1. The second-order valence-corrected chi connectivity index (χ2v) is 8.03. The molecule has 4 nitrogen and oxygen atoms in total. The third-order valence-corrected chi connectivity index (χ3v) is 4.89. The molecule has 0 aromatic heterocycles. The molecule has 124 valence electrons. The standard InChI is InChI=1S/C16H32O4P/c1-11(2)9-15-13(5)14(6)20-16(15)7-8-18-21(17)19-10-12(3)4/h11-16H,7-10H2,1-6H3/q+1/t13?,14-,15+,16+/m0/s1. The number of rotatable bonds is 9. The van der Waals surface area contributed by atoms with Gasteiger partial charge in [0, 0.05) is 11.0 Å². The molecule has 0 spiro atoms. The first-order chi connectivity index (χ1) is 9.81. The van der Waals surface area contributed by atoms with Crippen molar-refractivity contribution in [3.63, 3.8) is 0 Å². The second-order valence-electron chi connectivity index (χ2n) is 7.07. The summed E-state index contributed by atoms with van der Waals surface area (Å²) in [7, 11) is -1.99. The third kappa shape index (κ3) is 6.73. The Balaban J connectivity index is 2.34. The van der Waals surface area contributed by atoms with E-state index in [0.29, 0.717) is 43.0 Å². The Morgan fingerprint density at radius 2 is 1.76 bits per heavy atom. The summed E-state index contributed by atoms with van der Waals surface area (Å²) in [5.41, 5.74) is 0. The molecule has 1 aliphatic rings. The molecule has 0 N–H and O–H groups in total. The smallest absolute Gasteiger partial charge is 0.375 e. The minimum Gasteiger partial charge on any atom is -0.375 e. The molecule has 0 aromatic carbocycles. The van der Waals surface area contributed by atoms with Gasteiger partial charge < -0.3 is 4.74 Å². The lowest BCUT2D eigenvalue weighted by atomic mass is 9.82. The summed E-state index contributed by atoms with van der Waals surface area (Å²) >= 11 is 0. The van der Waals surface area contributed by atoms with E-state index in [0.717, 1.165) is 6.42 Å². The van der Waals surface area contributed by atoms with Gasteiger partial charge in [0.15, 0.2) is 0 Å². The van der Waals surface area contributed by atoms with E-state index in [9.17, 15) is 4.57 Å². The summed E-state index contributed by atoms with van der Waals surface area (Å²) in [6.45, 7) is 13.9. The van der Waals surface area contributed by atoms with Gasteiger partial charge in [0.1, 0.15) is 13.2 Å². The molecular weight excluding hydrogens is 287 g/mol. The van der Waals surface area contributed by atoms with E-state index in [1.807, 2.05) is 13.8 Å². The maximum atomic E-state index is 11.6. The molecule has 0 saturated carbocycles. The number of hydrogen-bond donors (Lipinski definition) is 0. The fourth-order valence-corrected chi connectivity index (χ4v) is 3.62. The summed E-state index contributed by atoms with van der Waals surface area (Å²) in [5, 5.41) is 0. The Kier molecular flexibility index (Phi) is 8.33. The van der Waals surface area contributed by atoms with Crippen LogP contribution in [0.25, 0.3) is 0 Å². The Bertz CT molecular complexity index is 319. The molecule has 5 heteroatoms. The normalized spacial score (nSPS) is 30.4. The maximum Gasteiger partial charge on any atom is 0.697 e. The van der Waals surface area contributed by atoms with E-state index in [1.54, 1.807) is 0 Å². The Morgan fingerprint density at radius 3 is 2.33 bits per heavy atom. The molecule has 1 heterocycles. The minimum absolute atomic E-state index is 0.214. The van der Waals surface area contributed by atoms with Crippen molar-refractivity contribution in [2.75, 3.05) is 13.2 Å². The fraction of sp³-hybridized carbons (Fsp3) is 1.00. The van der Waals surface area contributed by atoms with Crippen LogP contribution >= 0.6 is 8.25 Å². The van der Waals surface area contributed by atoms with Crippen molar-refractivity contribution in [1.29, 1.82) is 0 Å². The predicted molar refractivity (Wildman–Crippen MR) is 85.4 cm³/mol. The molecule has 1 fully saturated rings. The zero-order valence-corrected chi connectivity index (χ0v) is 15.3. The number of ether oxygens (including phenoxy) is 1. The minimum atomic E-state index is -1.99. The highest BCUT2D eigenvalue weighted by Crippen LogP contribution is 2.38. The fourth-order valence-electron chi connectivity index (χ4n) is 2.87. The molecule has 0 bridgehead atoms. The van der Waals surface area contributed by atoms with Crippen molar-refractivity contribution >= 4 is 8.25 Å². The van der Waals surface area contributed by atoms with Crippen molar-refractivity contribution in [2.24, 2.45) is 23.7 Å². The number of hydrogen-bond acceptors (Lipinski definition) is 4. The molecule has 0 aromatic rings. The Labute approximate surface area is 130 Å². The van der Waals surface area contributed by atoms with Crippen LogP contribution in [0, 0.1) is 23.7 Å². The van der Waals surface area contributed by atoms with Crippen molar-refractivity contribution in [2.45, 2.75) is 66.6 Å². The zero-order chi connectivity index (χ0) is 16.0. The molecule has 0 amide bonds. The lowest BCUT2D eigenvalue weighted by Gasteiger charge is -2.22. The Hall–Kier alpha value is -0.0200. The van der Waals surface area contributed by atoms with Gasteiger partial charge in [-0.1, -0.05) is 34.6 Å². The van der Waals surface area contributed by atoms with E-state index in [-0.39, 0.29) is 6.10 Å². The lowest BCUT2D eigenvalue weighted by Crippen LogP contribution is -2.22. The van der Waals surface area contributed by atoms with E-state index < -0.39 is 8.25 Å². The van der Waals surface area contributed by atoms with Gasteiger partial charge >= 0.3 is 8.25 Å². The van der Waals surface area contributed by atoms with Gasteiger partial charge in [0.25, 0.3) is 0 Å². The molecule has 1 saturated heterocycles. The van der Waals surface area contributed by atoms with Crippen LogP contribution in [-0.2, 0) is 18.3 Å². The van der Waals surface area contributed by atoms with Crippen LogP contribution in [0.5, 0.6) is 0 Å². The summed E-state index contributed by atoms with van der Waals surface area (Å²) in [4.78, 5) is 0. The largest absolute Gasteiger partial charge is 0.697 e. The molecular formula is C16H32O4P+. The predicted octanol–water partition coefficient (Wildman–Crippen LogP) is 4.81. The zero-order valence-electron chi connectivity index (χ0n) is 14.4. The second kappa shape index (κ2) is 9.19. The Morgan fingerprint density at radius 1 is 1.10 bits per heavy atom. The van der Waals surface area contributed by atoms with Crippen LogP contribution < -0.4 is 0 Å². The van der Waals surface area contributed by atoms with Crippen molar-refractivity contribution in [1.82, 2.24) is 0 Å². The van der Waals surface area contributed by atoms with E-state index in [4.69, 9.17) is 13.8 Å². The van der Waals surface area contributed by atoms with Crippen LogP contribution in [0.4, 0.5) is 0 Å². The van der Waals surface area contributed by atoms with Crippen LogP contribution in [0.3, 0.4) is 0 Å². The maximum absolute atomic E-state index is 11.6. The average molecular weight is 319 g/mol. The van der Waals surface area contributed by atoms with Gasteiger partial charge in [-0.2, -0.15) is 0 Å². The first-order valence-electron chi connectivity index (χ1n) is 8.19. The van der Waals surface area contributed by atoms with E-state index >= 15 is 0 Å². The molecule has 1 rings (SSSR count). The van der Waals surface area contributed by atoms with Crippen LogP contribution in [0.1, 0.15) is 54.4 Å². The van der Waals surface area contributed by atoms with Gasteiger partial charge in [-0.3, -0.25) is 0 Å². The topological polar surface area (TPSA) is 44.8 Å². The molecule has 0 aliphatic carbocycles. The third-order valence-electron chi connectivity index (χ3n) is 4.14. The molecule has 1 aliphatic heterocycles. The highest BCUT2D eigenvalue weighted by Gasteiger charge is 2.39. The van der Waals surface area contributed by atoms with E-state index in [2.05, 4.69) is 27.7 Å². The van der Waals surface area contributed by atoms with Crippen LogP contribution in [0.2, 0.25) is 0 Å². The van der Waals surface area contributed by atoms with Gasteiger partial charge in [-0.05, 0) is 37.0 Å². The van der Waals surface area contributed by atoms with Gasteiger partial charge in [-0.15, -0.1) is 9.05 Å². The van der Waals surface area contributed by atoms with Crippen molar-refractivity contribution < 1.29 is 18.3 Å². The van der Waals surface area contributed by atoms with Crippen molar-refractivity contribution in [3.05, 3.63) is 0 Å². The summed E-state index contributed by atoms with van der Waals surface area (Å²) in [6, 6.07) is 0.